The molecule has 0 saturated heterocycles. The van der Waals surface area contributed by atoms with Gasteiger partial charge in [0.25, 0.3) is 0 Å². The first-order valence-electron chi connectivity index (χ1n) is 6.53. The summed E-state index contributed by atoms with van der Waals surface area (Å²) in [5.41, 5.74) is 1.39. The van der Waals surface area contributed by atoms with Crippen LogP contribution < -0.4 is 10.1 Å². The minimum absolute atomic E-state index is 0.596. The number of hydrogen-bond donors (Lipinski definition) is 1. The van der Waals surface area contributed by atoms with Crippen molar-refractivity contribution in [3.05, 3.63) is 29.8 Å². The highest BCUT2D eigenvalue weighted by Gasteiger charge is 2.10. The van der Waals surface area contributed by atoms with Crippen molar-refractivity contribution >= 4 is 0 Å². The second-order valence-corrected chi connectivity index (χ2v) is 4.71. The molecule has 0 saturated carbocycles. The van der Waals surface area contributed by atoms with Gasteiger partial charge < -0.3 is 10.1 Å². The predicted molar refractivity (Wildman–Crippen MR) is 73.6 cm³/mol. The van der Waals surface area contributed by atoms with E-state index in [4.69, 9.17) is 4.74 Å². The van der Waals surface area contributed by atoms with Crippen molar-refractivity contribution in [1.82, 2.24) is 5.32 Å². The smallest absolute Gasteiger partial charge is 0.118 e. The van der Waals surface area contributed by atoms with Gasteiger partial charge >= 0.3 is 0 Å². The van der Waals surface area contributed by atoms with E-state index in [1.165, 1.54) is 12.0 Å². The van der Waals surface area contributed by atoms with Crippen LogP contribution in [0.3, 0.4) is 0 Å². The number of rotatable bonds is 7. The molecule has 0 spiro atoms. The third-order valence-electron chi connectivity index (χ3n) is 3.43. The number of benzene rings is 1. The zero-order valence-electron chi connectivity index (χ0n) is 11.5. The number of methoxy groups -OCH3 is 1. The largest absolute Gasteiger partial charge is 0.497 e. The lowest BCUT2D eigenvalue weighted by Crippen LogP contribution is -2.32. The van der Waals surface area contributed by atoms with Crippen LogP contribution in [0.25, 0.3) is 0 Å². The average molecular weight is 235 g/mol. The van der Waals surface area contributed by atoms with E-state index in [9.17, 15) is 0 Å². The second kappa shape index (κ2) is 7.33. The minimum Gasteiger partial charge on any atom is -0.497 e. The van der Waals surface area contributed by atoms with Crippen LogP contribution in [0.1, 0.15) is 32.8 Å². The van der Waals surface area contributed by atoms with E-state index in [0.29, 0.717) is 12.0 Å². The molecule has 0 bridgehead atoms. The van der Waals surface area contributed by atoms with Crippen molar-refractivity contribution in [3.8, 4) is 5.75 Å². The van der Waals surface area contributed by atoms with Gasteiger partial charge in [-0.05, 0) is 49.9 Å². The normalized spacial score (nSPS) is 14.4. The van der Waals surface area contributed by atoms with Crippen molar-refractivity contribution in [2.75, 3.05) is 13.7 Å². The summed E-state index contributed by atoms with van der Waals surface area (Å²) >= 11 is 0. The molecule has 0 aliphatic carbocycles. The van der Waals surface area contributed by atoms with E-state index < -0.39 is 0 Å². The van der Waals surface area contributed by atoms with E-state index >= 15 is 0 Å². The maximum absolute atomic E-state index is 5.15. The maximum Gasteiger partial charge on any atom is 0.118 e. The summed E-state index contributed by atoms with van der Waals surface area (Å²) in [5.74, 6) is 1.64. The Hall–Kier alpha value is -1.02. The van der Waals surface area contributed by atoms with E-state index in [-0.39, 0.29) is 0 Å². The lowest BCUT2D eigenvalue weighted by molar-refractivity contribution is 0.386. The Balaban J connectivity index is 2.38. The minimum atomic E-state index is 0.596. The molecule has 0 fully saturated rings. The number of ether oxygens (including phenoxy) is 1. The Morgan fingerprint density at radius 2 is 1.82 bits per heavy atom. The van der Waals surface area contributed by atoms with Gasteiger partial charge in [-0.25, -0.2) is 0 Å². The van der Waals surface area contributed by atoms with Crippen LogP contribution >= 0.6 is 0 Å². The third kappa shape index (κ3) is 4.78. The SMILES string of the molecule is CCNC(C)C(C)CCc1ccc(OC)cc1. The fourth-order valence-corrected chi connectivity index (χ4v) is 1.96. The standard InChI is InChI=1S/C15H25NO/c1-5-16-13(3)12(2)6-7-14-8-10-15(17-4)11-9-14/h8-13,16H,5-7H2,1-4H3. The Labute approximate surface area is 105 Å². The fourth-order valence-electron chi connectivity index (χ4n) is 1.96. The molecule has 0 aliphatic heterocycles. The molecule has 0 amide bonds. The molecule has 0 aliphatic rings. The van der Waals surface area contributed by atoms with Gasteiger partial charge in [-0.3, -0.25) is 0 Å². The van der Waals surface area contributed by atoms with Crippen LogP contribution in [0.2, 0.25) is 0 Å². The summed E-state index contributed by atoms with van der Waals surface area (Å²) in [5, 5.41) is 3.48. The fraction of sp³-hybridized carbons (Fsp3) is 0.600. The van der Waals surface area contributed by atoms with Gasteiger partial charge in [-0.2, -0.15) is 0 Å². The summed E-state index contributed by atoms with van der Waals surface area (Å²) in [7, 11) is 1.70. The second-order valence-electron chi connectivity index (χ2n) is 4.71. The first kappa shape index (κ1) is 14.0. The quantitative estimate of drug-likeness (QED) is 0.783. The average Bonchev–Trinajstić information content (AvgIpc) is 2.36. The predicted octanol–water partition coefficient (Wildman–Crippen LogP) is 3.26. The number of aryl methyl sites for hydroxylation is 1. The molecular formula is C15H25NO. The Kier molecular flexibility index (Phi) is 6.06. The van der Waals surface area contributed by atoms with Gasteiger partial charge in [-0.1, -0.05) is 26.0 Å². The van der Waals surface area contributed by atoms with Gasteiger partial charge in [-0.15, -0.1) is 0 Å². The molecule has 0 heterocycles. The Morgan fingerprint density at radius 3 is 2.35 bits per heavy atom. The van der Waals surface area contributed by atoms with Crippen LogP contribution in [-0.2, 0) is 6.42 Å². The topological polar surface area (TPSA) is 21.3 Å². The Bertz CT molecular complexity index is 307. The Morgan fingerprint density at radius 1 is 1.18 bits per heavy atom. The van der Waals surface area contributed by atoms with Crippen LogP contribution in [0, 0.1) is 5.92 Å². The molecule has 0 aromatic heterocycles. The summed E-state index contributed by atoms with van der Waals surface area (Å²) in [4.78, 5) is 0. The molecule has 96 valence electrons. The van der Waals surface area contributed by atoms with Gasteiger partial charge in [0.05, 0.1) is 7.11 Å². The lowest BCUT2D eigenvalue weighted by Gasteiger charge is -2.20. The molecule has 2 atom stereocenters. The molecule has 2 unspecified atom stereocenters. The molecular weight excluding hydrogens is 210 g/mol. The molecule has 17 heavy (non-hydrogen) atoms. The van der Waals surface area contributed by atoms with E-state index in [2.05, 4.69) is 38.2 Å². The third-order valence-corrected chi connectivity index (χ3v) is 3.43. The molecule has 1 N–H and O–H groups in total. The lowest BCUT2D eigenvalue weighted by atomic mass is 9.95. The zero-order chi connectivity index (χ0) is 12.7. The molecule has 1 aromatic rings. The molecule has 2 nitrogen and oxygen atoms in total. The maximum atomic E-state index is 5.15. The molecule has 1 rings (SSSR count). The van der Waals surface area contributed by atoms with Crippen LogP contribution in [-0.4, -0.2) is 19.7 Å². The summed E-state index contributed by atoms with van der Waals surface area (Å²) in [6, 6.07) is 8.98. The highest BCUT2D eigenvalue weighted by atomic mass is 16.5. The first-order chi connectivity index (χ1) is 8.17. The molecule has 2 heteroatoms. The summed E-state index contributed by atoms with van der Waals surface area (Å²) in [6.45, 7) is 7.79. The van der Waals surface area contributed by atoms with Crippen molar-refractivity contribution in [2.45, 2.75) is 39.7 Å². The van der Waals surface area contributed by atoms with E-state index in [1.54, 1.807) is 7.11 Å². The van der Waals surface area contributed by atoms with Gasteiger partial charge in [0.15, 0.2) is 0 Å². The van der Waals surface area contributed by atoms with Crippen LogP contribution in [0.15, 0.2) is 24.3 Å². The van der Waals surface area contributed by atoms with Gasteiger partial charge in [0.2, 0.25) is 0 Å². The zero-order valence-corrected chi connectivity index (χ0v) is 11.5. The van der Waals surface area contributed by atoms with Crippen LogP contribution in [0.4, 0.5) is 0 Å². The van der Waals surface area contributed by atoms with E-state index in [0.717, 1.165) is 18.7 Å². The summed E-state index contributed by atoms with van der Waals surface area (Å²) < 4.78 is 5.15. The molecule has 1 aromatic carbocycles. The highest BCUT2D eigenvalue weighted by molar-refractivity contribution is 5.27. The first-order valence-corrected chi connectivity index (χ1v) is 6.53. The van der Waals surface area contributed by atoms with Gasteiger partial charge in [0, 0.05) is 6.04 Å². The molecule has 0 radical (unpaired) electrons. The van der Waals surface area contributed by atoms with Crippen molar-refractivity contribution < 1.29 is 4.74 Å². The number of hydrogen-bond acceptors (Lipinski definition) is 2. The van der Waals surface area contributed by atoms with Crippen molar-refractivity contribution in [2.24, 2.45) is 5.92 Å². The summed E-state index contributed by atoms with van der Waals surface area (Å²) in [6.07, 6.45) is 2.36. The van der Waals surface area contributed by atoms with E-state index in [1.807, 2.05) is 12.1 Å². The van der Waals surface area contributed by atoms with Crippen molar-refractivity contribution in [3.63, 3.8) is 0 Å². The van der Waals surface area contributed by atoms with Crippen molar-refractivity contribution in [1.29, 1.82) is 0 Å². The highest BCUT2D eigenvalue weighted by Crippen LogP contribution is 2.16. The van der Waals surface area contributed by atoms with Crippen LogP contribution in [0.5, 0.6) is 5.75 Å². The monoisotopic (exact) mass is 235 g/mol. The van der Waals surface area contributed by atoms with Gasteiger partial charge in [0.1, 0.15) is 5.75 Å². The number of nitrogens with one attached hydrogen (secondary N) is 1.